The van der Waals surface area contributed by atoms with Crippen molar-refractivity contribution in [1.82, 2.24) is 15.2 Å². The Balaban J connectivity index is 2.00. The number of alkyl halides is 3. The minimum atomic E-state index is -4.52. The van der Waals surface area contributed by atoms with Gasteiger partial charge in [-0.3, -0.25) is 4.79 Å². The third kappa shape index (κ3) is 5.29. The van der Waals surface area contributed by atoms with E-state index < -0.39 is 17.8 Å². The van der Waals surface area contributed by atoms with Crippen LogP contribution in [0.15, 0.2) is 36.4 Å². The van der Waals surface area contributed by atoms with Crippen LogP contribution < -0.4 is 5.32 Å². The number of amides is 1. The van der Waals surface area contributed by atoms with Crippen molar-refractivity contribution < 1.29 is 18.0 Å². The summed E-state index contributed by atoms with van der Waals surface area (Å²) >= 11 is 0. The first-order chi connectivity index (χ1) is 11.7. The predicted octanol–water partition coefficient (Wildman–Crippen LogP) is 3.40. The van der Waals surface area contributed by atoms with E-state index in [0.29, 0.717) is 6.54 Å². The molecule has 0 atom stereocenters. The van der Waals surface area contributed by atoms with Crippen LogP contribution in [-0.4, -0.2) is 29.9 Å². The molecule has 0 spiro atoms. The van der Waals surface area contributed by atoms with E-state index in [-0.39, 0.29) is 11.3 Å². The van der Waals surface area contributed by atoms with E-state index in [1.54, 1.807) is 0 Å². The van der Waals surface area contributed by atoms with Crippen LogP contribution in [0.5, 0.6) is 0 Å². The minimum Gasteiger partial charge on any atom is -0.348 e. The van der Waals surface area contributed by atoms with Crippen LogP contribution in [0.4, 0.5) is 13.2 Å². The van der Waals surface area contributed by atoms with Gasteiger partial charge in [-0.05, 0) is 44.3 Å². The van der Waals surface area contributed by atoms with Crippen LogP contribution in [-0.2, 0) is 19.3 Å². The number of nitrogens with one attached hydrogen (secondary N) is 1. The molecule has 1 aromatic carbocycles. The Morgan fingerprint density at radius 1 is 1.08 bits per heavy atom. The highest BCUT2D eigenvalue weighted by Gasteiger charge is 2.33. The number of carbonyl (C=O) groups is 1. The highest BCUT2D eigenvalue weighted by molar-refractivity contribution is 5.95. The highest BCUT2D eigenvalue weighted by atomic mass is 19.4. The summed E-state index contributed by atoms with van der Waals surface area (Å²) in [5.74, 6) is -0.448. The monoisotopic (exact) mass is 351 g/mol. The molecule has 0 unspecified atom stereocenters. The van der Waals surface area contributed by atoms with Crippen LogP contribution in [0, 0.1) is 6.92 Å². The second kappa shape index (κ2) is 7.65. The van der Waals surface area contributed by atoms with Gasteiger partial charge in [0.15, 0.2) is 0 Å². The van der Waals surface area contributed by atoms with Crippen molar-refractivity contribution in [2.24, 2.45) is 0 Å². The predicted molar refractivity (Wildman–Crippen MR) is 89.0 cm³/mol. The van der Waals surface area contributed by atoms with Gasteiger partial charge in [-0.25, -0.2) is 4.98 Å². The molecule has 25 heavy (non-hydrogen) atoms. The maximum Gasteiger partial charge on any atom is 0.433 e. The lowest BCUT2D eigenvalue weighted by Gasteiger charge is -2.12. The second-order valence-corrected chi connectivity index (χ2v) is 6.06. The number of aromatic nitrogens is 1. The number of aryl methyl sites for hydroxylation is 1. The molecule has 2 aromatic rings. The van der Waals surface area contributed by atoms with Gasteiger partial charge in [-0.1, -0.05) is 24.3 Å². The lowest BCUT2D eigenvalue weighted by molar-refractivity contribution is -0.141. The highest BCUT2D eigenvalue weighted by Crippen LogP contribution is 2.28. The number of rotatable bonds is 5. The lowest BCUT2D eigenvalue weighted by Crippen LogP contribution is -2.24. The second-order valence-electron chi connectivity index (χ2n) is 6.06. The zero-order valence-electron chi connectivity index (χ0n) is 14.3. The summed E-state index contributed by atoms with van der Waals surface area (Å²) < 4.78 is 37.8. The molecule has 1 heterocycles. The van der Waals surface area contributed by atoms with E-state index in [2.05, 4.69) is 15.2 Å². The molecule has 0 saturated carbocycles. The maximum atomic E-state index is 12.6. The summed E-state index contributed by atoms with van der Waals surface area (Å²) in [6.07, 6.45) is -4.52. The van der Waals surface area contributed by atoms with Gasteiger partial charge in [-0.15, -0.1) is 0 Å². The molecule has 1 N–H and O–H groups in total. The molecular weight excluding hydrogens is 331 g/mol. The first kappa shape index (κ1) is 18.9. The zero-order chi connectivity index (χ0) is 18.6. The molecule has 4 nitrogen and oxygen atoms in total. The molecule has 2 rings (SSSR count). The summed E-state index contributed by atoms with van der Waals surface area (Å²) in [4.78, 5) is 17.7. The minimum absolute atomic E-state index is 0.0497. The maximum absolute atomic E-state index is 12.6. The van der Waals surface area contributed by atoms with Crippen molar-refractivity contribution in [2.45, 2.75) is 26.2 Å². The number of hydrogen-bond acceptors (Lipinski definition) is 3. The largest absolute Gasteiger partial charge is 0.433 e. The Morgan fingerprint density at radius 3 is 2.20 bits per heavy atom. The average Bonchev–Trinajstić information content (AvgIpc) is 2.52. The Labute approximate surface area is 144 Å². The fourth-order valence-electron chi connectivity index (χ4n) is 2.36. The van der Waals surface area contributed by atoms with Gasteiger partial charge in [0, 0.05) is 13.1 Å². The van der Waals surface area contributed by atoms with Gasteiger partial charge in [0.05, 0.1) is 11.3 Å². The molecule has 0 aliphatic heterocycles. The molecule has 1 amide bonds. The number of carbonyl (C=O) groups excluding carboxylic acids is 1. The van der Waals surface area contributed by atoms with Crippen molar-refractivity contribution in [3.05, 3.63) is 64.5 Å². The molecule has 0 saturated heterocycles. The number of benzene rings is 1. The van der Waals surface area contributed by atoms with Crippen molar-refractivity contribution in [3.63, 3.8) is 0 Å². The van der Waals surface area contributed by atoms with E-state index in [1.807, 2.05) is 38.4 Å². The van der Waals surface area contributed by atoms with Crippen molar-refractivity contribution >= 4 is 5.91 Å². The molecular formula is C18H20F3N3O. The van der Waals surface area contributed by atoms with Crippen molar-refractivity contribution in [3.8, 4) is 0 Å². The molecule has 0 aliphatic rings. The van der Waals surface area contributed by atoms with Crippen molar-refractivity contribution in [1.29, 1.82) is 0 Å². The topological polar surface area (TPSA) is 45.2 Å². The van der Waals surface area contributed by atoms with Crippen LogP contribution in [0.25, 0.3) is 0 Å². The van der Waals surface area contributed by atoms with E-state index >= 15 is 0 Å². The summed E-state index contributed by atoms with van der Waals surface area (Å²) in [5.41, 5.74) is 1.25. The molecule has 0 fully saturated rings. The Hall–Kier alpha value is -2.41. The molecule has 0 aliphatic carbocycles. The van der Waals surface area contributed by atoms with Crippen LogP contribution in [0.1, 0.15) is 32.9 Å². The van der Waals surface area contributed by atoms with Gasteiger partial charge >= 0.3 is 6.18 Å². The molecule has 1 aromatic heterocycles. The van der Waals surface area contributed by atoms with Gasteiger partial charge in [0.1, 0.15) is 5.69 Å². The quantitative estimate of drug-likeness (QED) is 0.898. The summed E-state index contributed by atoms with van der Waals surface area (Å²) in [6, 6.07) is 9.76. The zero-order valence-corrected chi connectivity index (χ0v) is 14.3. The van der Waals surface area contributed by atoms with E-state index in [4.69, 9.17) is 0 Å². The first-order valence-electron chi connectivity index (χ1n) is 7.72. The molecule has 7 heteroatoms. The Bertz CT molecular complexity index is 740. The normalized spacial score (nSPS) is 11.6. The smallest absolute Gasteiger partial charge is 0.348 e. The SMILES string of the molecule is Cc1nc(C(F)(F)F)ccc1C(=O)NCc1ccc(CN(C)C)cc1. The van der Waals surface area contributed by atoms with Crippen LogP contribution in [0.3, 0.4) is 0 Å². The van der Waals surface area contributed by atoms with Crippen LogP contribution >= 0.6 is 0 Å². The Morgan fingerprint density at radius 2 is 1.68 bits per heavy atom. The molecule has 134 valence electrons. The van der Waals surface area contributed by atoms with Crippen LogP contribution in [0.2, 0.25) is 0 Å². The van der Waals surface area contributed by atoms with E-state index in [1.165, 1.54) is 6.92 Å². The molecule has 0 radical (unpaired) electrons. The number of halogens is 3. The number of nitrogens with zero attached hydrogens (tertiary/aromatic N) is 2. The number of hydrogen-bond donors (Lipinski definition) is 1. The van der Waals surface area contributed by atoms with Gasteiger partial charge < -0.3 is 10.2 Å². The fraction of sp³-hybridized carbons (Fsp3) is 0.333. The van der Waals surface area contributed by atoms with Gasteiger partial charge in [-0.2, -0.15) is 13.2 Å². The third-order valence-electron chi connectivity index (χ3n) is 3.60. The molecule has 0 bridgehead atoms. The average molecular weight is 351 g/mol. The van der Waals surface area contributed by atoms with Gasteiger partial charge in [0.25, 0.3) is 5.91 Å². The first-order valence-corrected chi connectivity index (χ1v) is 7.72. The summed E-state index contributed by atoms with van der Waals surface area (Å²) in [6.45, 7) is 2.50. The third-order valence-corrected chi connectivity index (χ3v) is 3.60. The number of pyridine rings is 1. The van der Waals surface area contributed by atoms with Crippen molar-refractivity contribution in [2.75, 3.05) is 14.1 Å². The van der Waals surface area contributed by atoms with E-state index in [9.17, 15) is 18.0 Å². The van der Waals surface area contributed by atoms with E-state index in [0.717, 1.165) is 29.8 Å². The summed E-state index contributed by atoms with van der Waals surface area (Å²) in [7, 11) is 3.96. The standard InChI is InChI=1S/C18H20F3N3O/c1-12-15(8-9-16(23-12)18(19,20)21)17(25)22-10-13-4-6-14(7-5-13)11-24(2)3/h4-9H,10-11H2,1-3H3,(H,22,25). The van der Waals surface area contributed by atoms with Gasteiger partial charge in [0.2, 0.25) is 0 Å². The fourth-order valence-corrected chi connectivity index (χ4v) is 2.36. The lowest BCUT2D eigenvalue weighted by atomic mass is 10.1. The Kier molecular flexibility index (Phi) is 5.79. The summed E-state index contributed by atoms with van der Waals surface area (Å²) in [5, 5.41) is 2.70.